The second-order valence-electron chi connectivity index (χ2n) is 5.30. The number of nitrogens with zero attached hydrogens (tertiary/aromatic N) is 3. The van der Waals surface area contributed by atoms with Crippen molar-refractivity contribution in [1.82, 2.24) is 9.88 Å². The van der Waals surface area contributed by atoms with Crippen LogP contribution in [-0.4, -0.2) is 37.1 Å². The van der Waals surface area contributed by atoms with E-state index in [2.05, 4.69) is 49.2 Å². The maximum Gasteiger partial charge on any atom is 0.127 e. The SMILES string of the molecule is CN(C)CC(C)(C)CNc1cc(C#N)ccn1. The molecule has 0 bridgehead atoms. The Kier molecular flexibility index (Phi) is 4.47. The van der Waals surface area contributed by atoms with Crippen LogP contribution in [0.5, 0.6) is 0 Å². The summed E-state index contributed by atoms with van der Waals surface area (Å²) in [5.41, 5.74) is 0.793. The van der Waals surface area contributed by atoms with E-state index in [1.54, 1.807) is 18.3 Å². The van der Waals surface area contributed by atoms with E-state index in [-0.39, 0.29) is 5.41 Å². The molecule has 1 aromatic heterocycles. The lowest BCUT2D eigenvalue weighted by molar-refractivity contribution is 0.254. The minimum atomic E-state index is 0.161. The molecule has 0 saturated heterocycles. The van der Waals surface area contributed by atoms with Crippen LogP contribution in [0, 0.1) is 16.7 Å². The topological polar surface area (TPSA) is 52.0 Å². The van der Waals surface area contributed by atoms with Crippen LogP contribution in [0.1, 0.15) is 19.4 Å². The lowest BCUT2D eigenvalue weighted by Crippen LogP contribution is -2.34. The van der Waals surface area contributed by atoms with Crippen molar-refractivity contribution >= 4 is 5.82 Å². The van der Waals surface area contributed by atoms with Crippen molar-refractivity contribution in [3.05, 3.63) is 23.9 Å². The van der Waals surface area contributed by atoms with Crippen LogP contribution in [0.4, 0.5) is 5.82 Å². The molecule has 17 heavy (non-hydrogen) atoms. The summed E-state index contributed by atoms with van der Waals surface area (Å²) in [6, 6.07) is 5.58. The highest BCUT2D eigenvalue weighted by Gasteiger charge is 2.18. The van der Waals surface area contributed by atoms with Crippen molar-refractivity contribution in [2.24, 2.45) is 5.41 Å². The minimum absolute atomic E-state index is 0.161. The lowest BCUT2D eigenvalue weighted by Gasteiger charge is -2.28. The highest BCUT2D eigenvalue weighted by Crippen LogP contribution is 2.17. The molecular weight excluding hydrogens is 212 g/mol. The third-order valence-corrected chi connectivity index (χ3v) is 2.38. The van der Waals surface area contributed by atoms with Gasteiger partial charge in [-0.2, -0.15) is 5.26 Å². The Morgan fingerprint density at radius 1 is 1.47 bits per heavy atom. The van der Waals surface area contributed by atoms with Gasteiger partial charge >= 0.3 is 0 Å². The number of anilines is 1. The standard InChI is InChI=1S/C13H20N4/c1-13(2,10-17(3)4)9-16-12-7-11(8-14)5-6-15-12/h5-7H,9-10H2,1-4H3,(H,15,16). The monoisotopic (exact) mass is 232 g/mol. The number of pyridine rings is 1. The maximum absolute atomic E-state index is 8.80. The number of nitrogens with one attached hydrogen (secondary N) is 1. The quantitative estimate of drug-likeness (QED) is 0.843. The van der Waals surface area contributed by atoms with Crippen molar-refractivity contribution in [3.63, 3.8) is 0 Å². The average molecular weight is 232 g/mol. The Morgan fingerprint density at radius 2 is 2.18 bits per heavy atom. The molecule has 92 valence electrons. The van der Waals surface area contributed by atoms with Crippen LogP contribution in [-0.2, 0) is 0 Å². The Bertz CT molecular complexity index is 404. The summed E-state index contributed by atoms with van der Waals surface area (Å²) in [7, 11) is 4.13. The van der Waals surface area contributed by atoms with Gasteiger partial charge in [0, 0.05) is 19.3 Å². The summed E-state index contributed by atoms with van der Waals surface area (Å²) >= 11 is 0. The van der Waals surface area contributed by atoms with Crippen molar-refractivity contribution in [2.75, 3.05) is 32.5 Å². The summed E-state index contributed by atoms with van der Waals surface area (Å²) in [4.78, 5) is 6.36. The zero-order valence-corrected chi connectivity index (χ0v) is 11.0. The Hall–Kier alpha value is -1.60. The second-order valence-corrected chi connectivity index (χ2v) is 5.30. The largest absolute Gasteiger partial charge is 0.369 e. The van der Waals surface area contributed by atoms with Gasteiger partial charge in [0.2, 0.25) is 0 Å². The molecule has 0 aliphatic heterocycles. The van der Waals surface area contributed by atoms with Gasteiger partial charge < -0.3 is 10.2 Å². The first-order chi connectivity index (χ1) is 7.93. The second kappa shape index (κ2) is 5.65. The number of hydrogen-bond acceptors (Lipinski definition) is 4. The molecule has 0 amide bonds. The van der Waals surface area contributed by atoms with Gasteiger partial charge in [0.1, 0.15) is 5.82 Å². The number of rotatable bonds is 5. The highest BCUT2D eigenvalue weighted by atomic mass is 15.1. The Labute approximate surface area is 103 Å². The van der Waals surface area contributed by atoms with Gasteiger partial charge in [0.05, 0.1) is 11.6 Å². The third kappa shape index (κ3) is 4.83. The summed E-state index contributed by atoms with van der Waals surface area (Å²) < 4.78 is 0. The normalized spacial score (nSPS) is 11.3. The molecule has 0 aromatic carbocycles. The molecule has 1 N–H and O–H groups in total. The molecule has 4 heteroatoms. The van der Waals surface area contributed by atoms with E-state index >= 15 is 0 Å². The van der Waals surface area contributed by atoms with Crippen LogP contribution < -0.4 is 5.32 Å². The fraction of sp³-hybridized carbons (Fsp3) is 0.538. The van der Waals surface area contributed by atoms with Gasteiger partial charge in [-0.3, -0.25) is 0 Å². The number of aromatic nitrogens is 1. The lowest BCUT2D eigenvalue weighted by atomic mass is 9.93. The molecule has 0 saturated carbocycles. The molecule has 0 radical (unpaired) electrons. The highest BCUT2D eigenvalue weighted by molar-refractivity contribution is 5.42. The van der Waals surface area contributed by atoms with Crippen LogP contribution in [0.15, 0.2) is 18.3 Å². The fourth-order valence-corrected chi connectivity index (χ4v) is 1.84. The van der Waals surface area contributed by atoms with Crippen molar-refractivity contribution in [3.8, 4) is 6.07 Å². The molecule has 0 aliphatic carbocycles. The van der Waals surface area contributed by atoms with E-state index in [0.29, 0.717) is 5.56 Å². The van der Waals surface area contributed by atoms with Gasteiger partial charge in [0.25, 0.3) is 0 Å². The molecule has 1 aromatic rings. The fourth-order valence-electron chi connectivity index (χ4n) is 1.84. The predicted molar refractivity (Wildman–Crippen MR) is 69.8 cm³/mol. The molecule has 0 atom stereocenters. The molecule has 1 heterocycles. The van der Waals surface area contributed by atoms with E-state index < -0.39 is 0 Å². The van der Waals surface area contributed by atoms with Gasteiger partial charge in [-0.15, -0.1) is 0 Å². The molecular formula is C13H20N4. The van der Waals surface area contributed by atoms with Crippen LogP contribution in [0.25, 0.3) is 0 Å². The van der Waals surface area contributed by atoms with Crippen molar-refractivity contribution < 1.29 is 0 Å². The predicted octanol–water partition coefficient (Wildman–Crippen LogP) is 1.95. The summed E-state index contributed by atoms with van der Waals surface area (Å²) in [6.07, 6.45) is 1.65. The Balaban J connectivity index is 2.58. The van der Waals surface area contributed by atoms with Gasteiger partial charge in [-0.1, -0.05) is 13.8 Å². The van der Waals surface area contributed by atoms with E-state index in [4.69, 9.17) is 5.26 Å². The third-order valence-electron chi connectivity index (χ3n) is 2.38. The minimum Gasteiger partial charge on any atom is -0.369 e. The van der Waals surface area contributed by atoms with Crippen molar-refractivity contribution in [1.29, 1.82) is 5.26 Å². The Morgan fingerprint density at radius 3 is 2.76 bits per heavy atom. The molecule has 4 nitrogen and oxygen atoms in total. The van der Waals surface area contributed by atoms with E-state index in [1.165, 1.54) is 0 Å². The first kappa shape index (κ1) is 13.5. The molecule has 1 rings (SSSR count). The average Bonchev–Trinajstić information content (AvgIpc) is 2.25. The number of nitriles is 1. The van der Waals surface area contributed by atoms with Crippen LogP contribution >= 0.6 is 0 Å². The van der Waals surface area contributed by atoms with Crippen LogP contribution in [0.2, 0.25) is 0 Å². The zero-order valence-electron chi connectivity index (χ0n) is 11.0. The first-order valence-electron chi connectivity index (χ1n) is 5.68. The molecule has 0 aliphatic rings. The zero-order chi connectivity index (χ0) is 12.9. The van der Waals surface area contributed by atoms with E-state index in [1.807, 2.05) is 0 Å². The first-order valence-corrected chi connectivity index (χ1v) is 5.68. The summed E-state index contributed by atoms with van der Waals surface area (Å²) in [5, 5.41) is 12.1. The van der Waals surface area contributed by atoms with Crippen LogP contribution in [0.3, 0.4) is 0 Å². The summed E-state index contributed by atoms with van der Waals surface area (Å²) in [6.45, 7) is 6.23. The molecule has 0 unspecified atom stereocenters. The number of hydrogen-bond donors (Lipinski definition) is 1. The van der Waals surface area contributed by atoms with Gasteiger partial charge in [0.15, 0.2) is 0 Å². The van der Waals surface area contributed by atoms with E-state index in [0.717, 1.165) is 18.9 Å². The maximum atomic E-state index is 8.80. The van der Waals surface area contributed by atoms with Gasteiger partial charge in [-0.25, -0.2) is 4.98 Å². The smallest absolute Gasteiger partial charge is 0.127 e. The molecule has 0 spiro atoms. The van der Waals surface area contributed by atoms with Crippen molar-refractivity contribution in [2.45, 2.75) is 13.8 Å². The summed E-state index contributed by atoms with van der Waals surface area (Å²) in [5.74, 6) is 0.760. The van der Waals surface area contributed by atoms with E-state index in [9.17, 15) is 0 Å². The molecule has 0 fully saturated rings. The van der Waals surface area contributed by atoms with Gasteiger partial charge in [-0.05, 0) is 31.6 Å².